The zero-order valence-corrected chi connectivity index (χ0v) is 20.3. The lowest BCUT2D eigenvalue weighted by molar-refractivity contribution is -0.139. The van der Waals surface area contributed by atoms with E-state index >= 15 is 0 Å². The van der Waals surface area contributed by atoms with Crippen LogP contribution in [-0.4, -0.2) is 26.9 Å². The number of hydrogen-bond donors (Lipinski definition) is 2. The Morgan fingerprint density at radius 1 is 1.24 bits per heavy atom. The summed E-state index contributed by atoms with van der Waals surface area (Å²) in [4.78, 5) is 15.7. The van der Waals surface area contributed by atoms with Crippen LogP contribution in [0.3, 0.4) is 0 Å². The van der Waals surface area contributed by atoms with Crippen molar-refractivity contribution in [2.45, 2.75) is 37.1 Å². The second-order valence-electron chi connectivity index (χ2n) is 7.66. The van der Waals surface area contributed by atoms with Gasteiger partial charge in [-0.3, -0.25) is 0 Å². The van der Waals surface area contributed by atoms with Gasteiger partial charge in [0.2, 0.25) is 5.88 Å². The predicted octanol–water partition coefficient (Wildman–Crippen LogP) is 5.10. The van der Waals surface area contributed by atoms with Gasteiger partial charge in [-0.05, 0) is 77.0 Å². The van der Waals surface area contributed by atoms with Gasteiger partial charge in [0.15, 0.2) is 6.61 Å². The lowest BCUT2D eigenvalue weighted by atomic mass is 9.87. The van der Waals surface area contributed by atoms with E-state index in [1.54, 1.807) is 12.1 Å². The van der Waals surface area contributed by atoms with Crippen LogP contribution in [-0.2, 0) is 22.2 Å². The first-order valence-electron chi connectivity index (χ1n) is 10.5. The summed E-state index contributed by atoms with van der Waals surface area (Å²) in [5, 5.41) is 8.92. The molecule has 0 spiro atoms. The highest BCUT2D eigenvalue weighted by Gasteiger charge is 2.25. The van der Waals surface area contributed by atoms with Crippen molar-refractivity contribution in [1.29, 1.82) is 0 Å². The van der Waals surface area contributed by atoms with Crippen LogP contribution in [0, 0.1) is 6.92 Å². The SMILES string of the molecule is Cc1ccccc1Oc1ncc(S(=O)NC2CCCc3c(OCC(=O)O)cccc32)cc1Br. The molecule has 0 amide bonds. The smallest absolute Gasteiger partial charge is 0.341 e. The first kappa shape index (κ1) is 23.4. The number of carbonyl (C=O) groups is 1. The normalized spacial score (nSPS) is 16.0. The molecule has 172 valence electrons. The summed E-state index contributed by atoms with van der Waals surface area (Å²) in [7, 11) is -1.51. The molecule has 9 heteroatoms. The number of aromatic nitrogens is 1. The largest absolute Gasteiger partial charge is 0.482 e. The highest BCUT2D eigenvalue weighted by molar-refractivity contribution is 9.10. The summed E-state index contributed by atoms with van der Waals surface area (Å²) in [6, 6.07) is 14.8. The number of carboxylic acid groups (broad SMARTS) is 1. The third-order valence-corrected chi connectivity index (χ3v) is 7.08. The summed E-state index contributed by atoms with van der Waals surface area (Å²) in [5.74, 6) is 0.645. The average molecular weight is 531 g/mol. The van der Waals surface area contributed by atoms with E-state index in [4.69, 9.17) is 14.6 Å². The van der Waals surface area contributed by atoms with E-state index in [0.717, 1.165) is 36.0 Å². The van der Waals surface area contributed by atoms with E-state index in [-0.39, 0.29) is 6.04 Å². The van der Waals surface area contributed by atoms with Gasteiger partial charge in [-0.15, -0.1) is 0 Å². The van der Waals surface area contributed by atoms with Crippen LogP contribution >= 0.6 is 15.9 Å². The van der Waals surface area contributed by atoms with Crippen LogP contribution in [0.2, 0.25) is 0 Å². The molecule has 0 saturated carbocycles. The van der Waals surface area contributed by atoms with Crippen LogP contribution in [0.1, 0.15) is 35.6 Å². The minimum absolute atomic E-state index is 0.148. The summed E-state index contributed by atoms with van der Waals surface area (Å²) in [5.41, 5.74) is 2.92. The van der Waals surface area contributed by atoms with E-state index in [1.807, 2.05) is 43.3 Å². The van der Waals surface area contributed by atoms with Crippen LogP contribution in [0.15, 0.2) is 64.1 Å². The van der Waals surface area contributed by atoms with E-state index < -0.39 is 23.6 Å². The minimum atomic E-state index is -1.51. The summed E-state index contributed by atoms with van der Waals surface area (Å²) in [6.07, 6.45) is 4.01. The second-order valence-corrected chi connectivity index (χ2v) is 9.76. The lowest BCUT2D eigenvalue weighted by Crippen LogP contribution is -2.27. The fourth-order valence-corrected chi connectivity index (χ4v) is 5.36. The molecular weight excluding hydrogens is 508 g/mol. The quantitative estimate of drug-likeness (QED) is 0.420. The number of nitrogens with zero attached hydrogens (tertiary/aromatic N) is 1. The predicted molar refractivity (Wildman–Crippen MR) is 128 cm³/mol. The number of rotatable bonds is 8. The van der Waals surface area contributed by atoms with Crippen LogP contribution in [0.4, 0.5) is 0 Å². The van der Waals surface area contributed by atoms with Crippen molar-refractivity contribution in [3.8, 4) is 17.4 Å². The number of hydrogen-bond acceptors (Lipinski definition) is 5. The maximum atomic E-state index is 13.1. The number of carboxylic acids is 1. The maximum absolute atomic E-state index is 13.1. The van der Waals surface area contributed by atoms with Crippen LogP contribution < -0.4 is 14.2 Å². The first-order valence-corrected chi connectivity index (χ1v) is 12.4. The molecule has 1 heterocycles. The number of nitrogens with one attached hydrogen (secondary N) is 1. The Balaban J connectivity index is 1.49. The van der Waals surface area contributed by atoms with Gasteiger partial charge in [-0.2, -0.15) is 0 Å². The Bertz CT molecular complexity index is 1200. The topological polar surface area (TPSA) is 97.8 Å². The molecule has 0 bridgehead atoms. The van der Waals surface area contributed by atoms with Gasteiger partial charge in [0.25, 0.3) is 0 Å². The standard InChI is InChI=1S/C24H23BrN2O5S/c1-15-6-2-3-10-21(15)32-24-19(25)12-16(13-26-24)33(30)27-20-9-4-8-18-17(20)7-5-11-22(18)31-14-23(28)29/h2-3,5-7,10-13,20,27H,4,8-9,14H2,1H3,(H,28,29). The third kappa shape index (κ3) is 5.61. The molecule has 2 unspecified atom stereocenters. The monoisotopic (exact) mass is 530 g/mol. The lowest BCUT2D eigenvalue weighted by Gasteiger charge is -2.27. The maximum Gasteiger partial charge on any atom is 0.341 e. The zero-order chi connectivity index (χ0) is 23.4. The number of para-hydroxylation sites is 1. The van der Waals surface area contributed by atoms with Crippen LogP contribution in [0.25, 0.3) is 0 Å². The van der Waals surface area contributed by atoms with Crippen LogP contribution in [0.5, 0.6) is 17.4 Å². The molecule has 0 aliphatic heterocycles. The van der Waals surface area contributed by atoms with E-state index in [0.29, 0.717) is 26.7 Å². The van der Waals surface area contributed by atoms with Gasteiger partial charge in [0.1, 0.15) is 22.5 Å². The van der Waals surface area contributed by atoms with E-state index in [2.05, 4.69) is 25.6 Å². The molecule has 2 aromatic carbocycles. The fraction of sp³-hybridized carbons (Fsp3) is 0.250. The van der Waals surface area contributed by atoms with Gasteiger partial charge < -0.3 is 14.6 Å². The minimum Gasteiger partial charge on any atom is -0.482 e. The Kier molecular flexibility index (Phi) is 7.42. The highest BCUT2D eigenvalue weighted by atomic mass is 79.9. The molecule has 0 radical (unpaired) electrons. The molecule has 7 nitrogen and oxygen atoms in total. The molecule has 3 aromatic rings. The highest BCUT2D eigenvalue weighted by Crippen LogP contribution is 2.36. The number of fused-ring (bicyclic) bond motifs is 1. The van der Waals surface area contributed by atoms with Crippen molar-refractivity contribution in [3.63, 3.8) is 0 Å². The fourth-order valence-electron chi connectivity index (χ4n) is 3.77. The Morgan fingerprint density at radius 2 is 2.03 bits per heavy atom. The molecule has 2 atom stereocenters. The number of aliphatic carboxylic acids is 1. The molecular formula is C24H23BrN2O5S. The number of halogens is 1. The number of pyridine rings is 1. The third-order valence-electron chi connectivity index (χ3n) is 5.36. The average Bonchev–Trinajstić information content (AvgIpc) is 2.80. The molecule has 0 saturated heterocycles. The van der Waals surface area contributed by atoms with Crippen molar-refractivity contribution >= 4 is 32.9 Å². The van der Waals surface area contributed by atoms with Crippen molar-refractivity contribution in [3.05, 3.63) is 75.9 Å². The molecule has 1 aliphatic rings. The Labute approximate surface area is 202 Å². The van der Waals surface area contributed by atoms with Gasteiger partial charge in [-0.25, -0.2) is 18.7 Å². The molecule has 33 heavy (non-hydrogen) atoms. The zero-order valence-electron chi connectivity index (χ0n) is 17.9. The van der Waals surface area contributed by atoms with Gasteiger partial charge in [0, 0.05) is 12.2 Å². The molecule has 2 N–H and O–H groups in total. The number of ether oxygens (including phenoxy) is 2. The van der Waals surface area contributed by atoms with Gasteiger partial charge in [-0.1, -0.05) is 30.3 Å². The summed E-state index contributed by atoms with van der Waals surface area (Å²) < 4.78 is 28.2. The second kappa shape index (κ2) is 10.5. The number of aryl methyl sites for hydroxylation is 1. The van der Waals surface area contributed by atoms with Crippen molar-refractivity contribution in [2.75, 3.05) is 6.61 Å². The first-order chi connectivity index (χ1) is 15.9. The molecule has 4 rings (SSSR count). The summed E-state index contributed by atoms with van der Waals surface area (Å²) in [6.45, 7) is 1.56. The Hall–Kier alpha value is -2.75. The van der Waals surface area contributed by atoms with Crippen molar-refractivity contribution in [2.24, 2.45) is 0 Å². The summed E-state index contributed by atoms with van der Waals surface area (Å²) >= 11 is 3.47. The van der Waals surface area contributed by atoms with Gasteiger partial charge in [0.05, 0.1) is 9.37 Å². The van der Waals surface area contributed by atoms with E-state index in [9.17, 15) is 9.00 Å². The molecule has 0 fully saturated rings. The van der Waals surface area contributed by atoms with E-state index in [1.165, 1.54) is 6.20 Å². The van der Waals surface area contributed by atoms with Crippen molar-refractivity contribution < 1.29 is 23.6 Å². The Morgan fingerprint density at radius 3 is 2.79 bits per heavy atom. The molecule has 1 aromatic heterocycles. The van der Waals surface area contributed by atoms with Gasteiger partial charge >= 0.3 is 5.97 Å². The molecule has 1 aliphatic carbocycles. The number of benzene rings is 2. The van der Waals surface area contributed by atoms with Crippen molar-refractivity contribution in [1.82, 2.24) is 9.71 Å².